The van der Waals surface area contributed by atoms with Crippen molar-refractivity contribution in [3.8, 4) is 0 Å². The number of aromatic nitrogens is 2. The summed E-state index contributed by atoms with van der Waals surface area (Å²) in [6.07, 6.45) is 2.82. The van der Waals surface area contributed by atoms with E-state index in [2.05, 4.69) is 16.7 Å². The first-order valence-electron chi connectivity index (χ1n) is 5.83. The highest BCUT2D eigenvalue weighted by molar-refractivity contribution is 5.68. The molecule has 1 fully saturated rings. The molecule has 0 bridgehead atoms. The van der Waals surface area contributed by atoms with Crippen LogP contribution in [0.5, 0.6) is 0 Å². The number of carbonyl (C=O) groups excluding carboxylic acids is 1. The topological polar surface area (TPSA) is 94.5 Å². The van der Waals surface area contributed by atoms with Gasteiger partial charge in [0.05, 0.1) is 6.54 Å². The molecule has 0 spiro atoms. The van der Waals surface area contributed by atoms with Crippen LogP contribution >= 0.6 is 0 Å². The van der Waals surface area contributed by atoms with Crippen LogP contribution in [0.25, 0.3) is 0 Å². The lowest BCUT2D eigenvalue weighted by Gasteiger charge is -2.20. The second-order valence-electron chi connectivity index (χ2n) is 3.97. The van der Waals surface area contributed by atoms with Crippen LogP contribution in [0, 0.1) is 0 Å². The van der Waals surface area contributed by atoms with Gasteiger partial charge in [0.25, 0.3) is 0 Å². The molecule has 7 nitrogen and oxygen atoms in total. The summed E-state index contributed by atoms with van der Waals surface area (Å²) in [7, 11) is 0. The third kappa shape index (κ3) is 2.51. The fourth-order valence-electron chi connectivity index (χ4n) is 1.94. The van der Waals surface area contributed by atoms with Crippen LogP contribution in [0.4, 0.5) is 4.79 Å². The van der Waals surface area contributed by atoms with Crippen molar-refractivity contribution in [2.45, 2.75) is 25.4 Å². The van der Waals surface area contributed by atoms with Gasteiger partial charge in [0, 0.05) is 6.54 Å². The molecule has 2 N–H and O–H groups in total. The van der Waals surface area contributed by atoms with Crippen LogP contribution in [0.15, 0.2) is 17.2 Å². The number of hydrogen-bond acceptors (Lipinski definition) is 6. The Bertz CT molecular complexity index is 432. The zero-order chi connectivity index (χ0) is 13.0. The van der Waals surface area contributed by atoms with Gasteiger partial charge in [-0.25, -0.2) is 4.79 Å². The maximum Gasteiger partial charge on any atom is 0.410 e. The molecule has 1 aromatic rings. The number of rotatable bonds is 4. The van der Waals surface area contributed by atoms with Crippen molar-refractivity contribution in [3.63, 3.8) is 0 Å². The summed E-state index contributed by atoms with van der Waals surface area (Å²) in [5.74, 6) is 0.861. The highest BCUT2D eigenvalue weighted by Crippen LogP contribution is 2.31. The SMILES string of the molecule is C=CCOC(=O)N1CCC[C@@H]1c1nc(CN)no1. The lowest BCUT2D eigenvalue weighted by Crippen LogP contribution is -2.31. The first kappa shape index (κ1) is 12.6. The average Bonchev–Trinajstić information content (AvgIpc) is 3.03. The van der Waals surface area contributed by atoms with E-state index in [1.54, 1.807) is 4.90 Å². The molecule has 0 radical (unpaired) electrons. The van der Waals surface area contributed by atoms with Crippen molar-refractivity contribution in [1.29, 1.82) is 0 Å². The van der Waals surface area contributed by atoms with Gasteiger partial charge in [0.2, 0.25) is 5.89 Å². The van der Waals surface area contributed by atoms with Crippen LogP contribution in [0.2, 0.25) is 0 Å². The van der Waals surface area contributed by atoms with Crippen molar-refractivity contribution < 1.29 is 14.1 Å². The number of likely N-dealkylation sites (tertiary alicyclic amines) is 1. The largest absolute Gasteiger partial charge is 0.445 e. The summed E-state index contributed by atoms with van der Waals surface area (Å²) >= 11 is 0. The zero-order valence-corrected chi connectivity index (χ0v) is 10.0. The van der Waals surface area contributed by atoms with Gasteiger partial charge in [-0.2, -0.15) is 4.98 Å². The van der Waals surface area contributed by atoms with Crippen molar-refractivity contribution >= 4 is 6.09 Å². The minimum absolute atomic E-state index is 0.194. The molecule has 0 saturated carbocycles. The molecule has 0 aromatic carbocycles. The monoisotopic (exact) mass is 252 g/mol. The molecule has 18 heavy (non-hydrogen) atoms. The Hall–Kier alpha value is -1.89. The second-order valence-corrected chi connectivity index (χ2v) is 3.97. The van der Waals surface area contributed by atoms with E-state index in [0.717, 1.165) is 12.8 Å². The van der Waals surface area contributed by atoms with Gasteiger partial charge in [-0.1, -0.05) is 17.8 Å². The van der Waals surface area contributed by atoms with Crippen molar-refractivity contribution in [2.75, 3.05) is 13.2 Å². The maximum absolute atomic E-state index is 11.8. The first-order chi connectivity index (χ1) is 8.76. The number of hydrogen-bond donors (Lipinski definition) is 1. The smallest absolute Gasteiger partial charge is 0.410 e. The molecule has 2 rings (SSSR count). The summed E-state index contributed by atoms with van der Waals surface area (Å²) in [5, 5.41) is 3.73. The van der Waals surface area contributed by atoms with E-state index in [0.29, 0.717) is 18.3 Å². The predicted molar refractivity (Wildman–Crippen MR) is 62.4 cm³/mol. The van der Waals surface area contributed by atoms with Gasteiger partial charge in [-0.05, 0) is 12.8 Å². The number of nitrogens with two attached hydrogens (primary N) is 1. The second kappa shape index (κ2) is 5.63. The van der Waals surface area contributed by atoms with Crippen LogP contribution < -0.4 is 5.73 Å². The Labute approximate surface area is 105 Å². The summed E-state index contributed by atoms with van der Waals surface area (Å²) in [6, 6.07) is -0.213. The minimum atomic E-state index is -0.384. The molecular formula is C11H16N4O3. The van der Waals surface area contributed by atoms with E-state index < -0.39 is 0 Å². The van der Waals surface area contributed by atoms with E-state index in [-0.39, 0.29) is 25.3 Å². The Morgan fingerprint density at radius 2 is 2.56 bits per heavy atom. The molecular weight excluding hydrogens is 236 g/mol. The van der Waals surface area contributed by atoms with Gasteiger partial charge in [0.15, 0.2) is 5.82 Å². The molecule has 98 valence electrons. The van der Waals surface area contributed by atoms with Crippen LogP contribution in [0.3, 0.4) is 0 Å². The highest BCUT2D eigenvalue weighted by Gasteiger charge is 2.34. The molecule has 7 heteroatoms. The average molecular weight is 252 g/mol. The lowest BCUT2D eigenvalue weighted by molar-refractivity contribution is 0.101. The third-order valence-electron chi connectivity index (χ3n) is 2.76. The van der Waals surface area contributed by atoms with Gasteiger partial charge in [-0.15, -0.1) is 0 Å². The first-order valence-corrected chi connectivity index (χ1v) is 5.83. The predicted octanol–water partition coefficient (Wildman–Crippen LogP) is 0.988. The summed E-state index contributed by atoms with van der Waals surface area (Å²) in [5.41, 5.74) is 5.42. The van der Waals surface area contributed by atoms with Gasteiger partial charge in [-0.3, -0.25) is 4.90 Å². The summed E-state index contributed by atoms with van der Waals surface area (Å²) < 4.78 is 10.1. The molecule has 0 unspecified atom stereocenters. The summed E-state index contributed by atoms with van der Waals surface area (Å²) in [6.45, 7) is 4.54. The number of nitrogens with zero attached hydrogens (tertiary/aromatic N) is 3. The third-order valence-corrected chi connectivity index (χ3v) is 2.76. The summed E-state index contributed by atoms with van der Waals surface area (Å²) in [4.78, 5) is 17.6. The molecule has 1 aliphatic heterocycles. The fraction of sp³-hybridized carbons (Fsp3) is 0.545. The van der Waals surface area contributed by atoms with Crippen molar-refractivity contribution in [2.24, 2.45) is 5.73 Å². The Morgan fingerprint density at radius 3 is 3.22 bits per heavy atom. The molecule has 1 saturated heterocycles. The maximum atomic E-state index is 11.8. The zero-order valence-electron chi connectivity index (χ0n) is 10.0. The van der Waals surface area contributed by atoms with Crippen molar-refractivity contribution in [1.82, 2.24) is 15.0 Å². The van der Waals surface area contributed by atoms with Crippen LogP contribution in [0.1, 0.15) is 30.6 Å². The van der Waals surface area contributed by atoms with Crippen LogP contribution in [-0.2, 0) is 11.3 Å². The van der Waals surface area contributed by atoms with Crippen molar-refractivity contribution in [3.05, 3.63) is 24.4 Å². The quantitative estimate of drug-likeness (QED) is 0.803. The molecule has 1 atom stereocenters. The Morgan fingerprint density at radius 1 is 1.72 bits per heavy atom. The molecule has 2 heterocycles. The number of ether oxygens (including phenoxy) is 1. The minimum Gasteiger partial charge on any atom is -0.445 e. The Kier molecular flexibility index (Phi) is 3.93. The Balaban J connectivity index is 2.06. The van der Waals surface area contributed by atoms with E-state index in [4.69, 9.17) is 15.0 Å². The normalized spacial score (nSPS) is 18.9. The van der Waals surface area contributed by atoms with Gasteiger partial charge >= 0.3 is 6.09 Å². The van der Waals surface area contributed by atoms with Gasteiger partial charge < -0.3 is 15.0 Å². The fourth-order valence-corrected chi connectivity index (χ4v) is 1.94. The standard InChI is InChI=1S/C11H16N4O3/c1-2-6-17-11(16)15-5-3-4-8(15)10-13-9(7-12)14-18-10/h2,8H,1,3-7,12H2/t8-/m1/s1. The van der Waals surface area contributed by atoms with Crippen LogP contribution in [-0.4, -0.2) is 34.3 Å². The molecule has 0 aliphatic carbocycles. The number of carbonyl (C=O) groups is 1. The van der Waals surface area contributed by atoms with E-state index >= 15 is 0 Å². The van der Waals surface area contributed by atoms with Gasteiger partial charge in [0.1, 0.15) is 12.6 Å². The van der Waals surface area contributed by atoms with E-state index in [9.17, 15) is 4.79 Å². The van der Waals surface area contributed by atoms with E-state index in [1.165, 1.54) is 6.08 Å². The molecule has 1 aliphatic rings. The number of amides is 1. The molecule has 1 aromatic heterocycles. The lowest BCUT2D eigenvalue weighted by atomic mass is 10.2. The highest BCUT2D eigenvalue weighted by atomic mass is 16.6. The van der Waals surface area contributed by atoms with E-state index in [1.807, 2.05) is 0 Å². The molecule has 1 amide bonds.